The zero-order chi connectivity index (χ0) is 11.1. The van der Waals surface area contributed by atoms with E-state index in [4.69, 9.17) is 0 Å². The minimum absolute atomic E-state index is 0.764. The van der Waals surface area contributed by atoms with E-state index >= 15 is 0 Å². The average molecular weight is 208 g/mol. The Hall–Kier alpha value is -1.25. The topological polar surface area (TPSA) is 34.0 Å². The van der Waals surface area contributed by atoms with E-state index in [2.05, 4.69) is 35.9 Å². The molecule has 1 heterocycles. The fourth-order valence-corrected chi connectivity index (χ4v) is 1.78. The van der Waals surface area contributed by atoms with Crippen LogP contribution in [-0.2, 0) is 11.3 Å². The van der Waals surface area contributed by atoms with Crippen LogP contribution in [0.3, 0.4) is 0 Å². The Morgan fingerprint density at radius 2 is 1.87 bits per heavy atom. The molecular formula is C12H20N2O. The number of hydrogen-bond acceptors (Lipinski definition) is 1. The molecule has 1 aromatic heterocycles. The zero-order valence-electron chi connectivity index (χ0n) is 9.62. The Kier molecular flexibility index (Phi) is 4.95. The standard InChI is InChI=1S/C12H20N2O/c1-11-6-7-12(2)14(11)9-5-3-4-8-13-10-15/h6-7,10H,3-5,8-9H2,1-2H3,(H,13,15). The van der Waals surface area contributed by atoms with Crippen LogP contribution in [0, 0.1) is 13.8 Å². The van der Waals surface area contributed by atoms with E-state index in [-0.39, 0.29) is 0 Å². The molecule has 3 nitrogen and oxygen atoms in total. The van der Waals surface area contributed by atoms with Crippen LogP contribution in [0.4, 0.5) is 0 Å². The minimum atomic E-state index is 0.764. The van der Waals surface area contributed by atoms with Crippen LogP contribution >= 0.6 is 0 Å². The van der Waals surface area contributed by atoms with Gasteiger partial charge in [0.05, 0.1) is 0 Å². The molecule has 1 amide bonds. The second-order valence-corrected chi connectivity index (χ2v) is 3.90. The number of amides is 1. The van der Waals surface area contributed by atoms with Crippen LogP contribution in [-0.4, -0.2) is 17.5 Å². The molecule has 0 saturated heterocycles. The zero-order valence-corrected chi connectivity index (χ0v) is 9.62. The fourth-order valence-electron chi connectivity index (χ4n) is 1.78. The number of aromatic nitrogens is 1. The smallest absolute Gasteiger partial charge is 0.207 e. The summed E-state index contributed by atoms with van der Waals surface area (Å²) in [5.41, 5.74) is 2.66. The summed E-state index contributed by atoms with van der Waals surface area (Å²) in [4.78, 5) is 10.00. The number of carbonyl (C=O) groups excluding carboxylic acids is 1. The fraction of sp³-hybridized carbons (Fsp3) is 0.583. The van der Waals surface area contributed by atoms with Crippen molar-refractivity contribution in [3.05, 3.63) is 23.5 Å². The molecule has 0 fully saturated rings. The van der Waals surface area contributed by atoms with E-state index < -0.39 is 0 Å². The van der Waals surface area contributed by atoms with E-state index in [1.165, 1.54) is 17.8 Å². The molecule has 1 N–H and O–H groups in total. The highest BCUT2D eigenvalue weighted by Crippen LogP contribution is 2.09. The molecule has 84 valence electrons. The molecule has 15 heavy (non-hydrogen) atoms. The molecule has 0 aliphatic heterocycles. The van der Waals surface area contributed by atoms with Crippen molar-refractivity contribution in [1.82, 2.24) is 9.88 Å². The first-order chi connectivity index (χ1) is 7.25. The Balaban J connectivity index is 2.17. The maximum Gasteiger partial charge on any atom is 0.207 e. The summed E-state index contributed by atoms with van der Waals surface area (Å²) in [6, 6.07) is 4.31. The van der Waals surface area contributed by atoms with Crippen molar-refractivity contribution in [2.45, 2.75) is 39.7 Å². The van der Waals surface area contributed by atoms with Crippen molar-refractivity contribution in [2.24, 2.45) is 0 Å². The van der Waals surface area contributed by atoms with Gasteiger partial charge in [-0.15, -0.1) is 0 Å². The van der Waals surface area contributed by atoms with Crippen molar-refractivity contribution in [1.29, 1.82) is 0 Å². The number of hydrogen-bond donors (Lipinski definition) is 1. The number of nitrogens with one attached hydrogen (secondary N) is 1. The summed E-state index contributed by atoms with van der Waals surface area (Å²) in [7, 11) is 0. The van der Waals surface area contributed by atoms with Crippen LogP contribution in [0.25, 0.3) is 0 Å². The third-order valence-corrected chi connectivity index (χ3v) is 2.70. The van der Waals surface area contributed by atoms with Gasteiger partial charge in [0.1, 0.15) is 0 Å². The third kappa shape index (κ3) is 3.78. The molecule has 0 radical (unpaired) electrons. The molecule has 1 aromatic rings. The summed E-state index contributed by atoms with van der Waals surface area (Å²) in [5.74, 6) is 0. The summed E-state index contributed by atoms with van der Waals surface area (Å²) >= 11 is 0. The van der Waals surface area contributed by atoms with Crippen molar-refractivity contribution in [2.75, 3.05) is 6.54 Å². The van der Waals surface area contributed by atoms with Gasteiger partial charge < -0.3 is 9.88 Å². The van der Waals surface area contributed by atoms with Gasteiger partial charge in [0, 0.05) is 24.5 Å². The van der Waals surface area contributed by atoms with Gasteiger partial charge >= 0.3 is 0 Å². The van der Waals surface area contributed by atoms with Gasteiger partial charge in [0.25, 0.3) is 0 Å². The first kappa shape index (κ1) is 11.8. The van der Waals surface area contributed by atoms with E-state index in [1.54, 1.807) is 0 Å². The highest BCUT2D eigenvalue weighted by molar-refractivity contribution is 5.45. The molecule has 3 heteroatoms. The van der Waals surface area contributed by atoms with Gasteiger partial charge in [-0.25, -0.2) is 0 Å². The van der Waals surface area contributed by atoms with Crippen LogP contribution in [0.2, 0.25) is 0 Å². The summed E-state index contributed by atoms with van der Waals surface area (Å²) in [6.07, 6.45) is 4.17. The Labute approximate surface area is 91.5 Å². The molecule has 0 atom stereocenters. The Morgan fingerprint density at radius 1 is 1.20 bits per heavy atom. The van der Waals surface area contributed by atoms with Gasteiger partial charge in [0.15, 0.2) is 0 Å². The van der Waals surface area contributed by atoms with E-state index in [9.17, 15) is 4.79 Å². The molecular weight excluding hydrogens is 188 g/mol. The highest BCUT2D eigenvalue weighted by Gasteiger charge is 1.99. The first-order valence-corrected chi connectivity index (χ1v) is 5.55. The number of unbranched alkanes of at least 4 members (excludes halogenated alkanes) is 2. The molecule has 0 aliphatic rings. The van der Waals surface area contributed by atoms with Crippen LogP contribution < -0.4 is 5.32 Å². The highest BCUT2D eigenvalue weighted by atomic mass is 16.1. The predicted molar refractivity (Wildman–Crippen MR) is 61.8 cm³/mol. The van der Waals surface area contributed by atoms with Gasteiger partial charge in [0.2, 0.25) is 6.41 Å². The average Bonchev–Trinajstić information content (AvgIpc) is 2.54. The lowest BCUT2D eigenvalue weighted by molar-refractivity contribution is -0.109. The lowest BCUT2D eigenvalue weighted by atomic mass is 10.2. The van der Waals surface area contributed by atoms with Crippen LogP contribution in [0.5, 0.6) is 0 Å². The first-order valence-electron chi connectivity index (χ1n) is 5.55. The molecule has 1 rings (SSSR count). The molecule has 0 aromatic carbocycles. The maximum absolute atomic E-state index is 10.00. The number of aryl methyl sites for hydroxylation is 2. The molecule has 0 saturated carbocycles. The second kappa shape index (κ2) is 6.27. The van der Waals surface area contributed by atoms with Crippen molar-refractivity contribution in [3.8, 4) is 0 Å². The molecule has 0 aliphatic carbocycles. The van der Waals surface area contributed by atoms with Crippen molar-refractivity contribution in [3.63, 3.8) is 0 Å². The largest absolute Gasteiger partial charge is 0.359 e. The van der Waals surface area contributed by atoms with Gasteiger partial charge in [-0.1, -0.05) is 0 Å². The van der Waals surface area contributed by atoms with Gasteiger partial charge in [-0.05, 0) is 45.2 Å². The van der Waals surface area contributed by atoms with Crippen LogP contribution in [0.15, 0.2) is 12.1 Å². The van der Waals surface area contributed by atoms with Crippen LogP contribution in [0.1, 0.15) is 30.7 Å². The normalized spacial score (nSPS) is 10.3. The number of carbonyl (C=O) groups is 1. The second-order valence-electron chi connectivity index (χ2n) is 3.90. The molecule has 0 unspecified atom stereocenters. The summed E-state index contributed by atoms with van der Waals surface area (Å²) in [6.45, 7) is 6.17. The van der Waals surface area contributed by atoms with Gasteiger partial charge in [-0.2, -0.15) is 0 Å². The van der Waals surface area contributed by atoms with E-state index in [0.29, 0.717) is 0 Å². The lowest BCUT2D eigenvalue weighted by Gasteiger charge is -2.08. The maximum atomic E-state index is 10.00. The molecule has 0 bridgehead atoms. The predicted octanol–water partition coefficient (Wildman–Crippen LogP) is 2.02. The quantitative estimate of drug-likeness (QED) is 0.540. The third-order valence-electron chi connectivity index (χ3n) is 2.70. The monoisotopic (exact) mass is 208 g/mol. The Morgan fingerprint density at radius 3 is 2.47 bits per heavy atom. The summed E-state index contributed by atoms with van der Waals surface area (Å²) in [5, 5.41) is 2.68. The number of rotatable bonds is 7. The Bertz CT molecular complexity index is 285. The van der Waals surface area contributed by atoms with Crippen molar-refractivity contribution < 1.29 is 4.79 Å². The van der Waals surface area contributed by atoms with Crippen molar-refractivity contribution >= 4 is 6.41 Å². The minimum Gasteiger partial charge on any atom is -0.359 e. The van der Waals surface area contributed by atoms with E-state index in [1.807, 2.05) is 0 Å². The lowest BCUT2D eigenvalue weighted by Crippen LogP contribution is -2.12. The SMILES string of the molecule is Cc1ccc(C)n1CCCCCNC=O. The van der Waals surface area contributed by atoms with Gasteiger partial charge in [-0.3, -0.25) is 4.79 Å². The van der Waals surface area contributed by atoms with E-state index in [0.717, 1.165) is 32.3 Å². The number of nitrogens with zero attached hydrogens (tertiary/aromatic N) is 1. The molecule has 0 spiro atoms. The summed E-state index contributed by atoms with van der Waals surface area (Å²) < 4.78 is 2.34.